The van der Waals surface area contributed by atoms with E-state index < -0.39 is 0 Å². The minimum absolute atomic E-state index is 0.0687. The molecular formula is C9H17N3O. The Kier molecular flexibility index (Phi) is 3.31. The molecule has 0 amide bonds. The van der Waals surface area contributed by atoms with Crippen LogP contribution in [0.1, 0.15) is 19.4 Å². The highest BCUT2D eigenvalue weighted by Gasteiger charge is 2.05. The van der Waals surface area contributed by atoms with Gasteiger partial charge in [-0.2, -0.15) is 0 Å². The number of aromatic amines is 1. The Morgan fingerprint density at radius 2 is 2.31 bits per heavy atom. The molecule has 0 atom stereocenters. The number of nitrogens with zero attached hydrogens (tertiary/aromatic N) is 1. The van der Waals surface area contributed by atoms with Crippen molar-refractivity contribution in [1.82, 2.24) is 9.78 Å². The van der Waals surface area contributed by atoms with Crippen LogP contribution in [-0.2, 0) is 13.0 Å². The van der Waals surface area contributed by atoms with E-state index in [-0.39, 0.29) is 5.56 Å². The summed E-state index contributed by atoms with van der Waals surface area (Å²) in [5.74, 6) is 0.474. The van der Waals surface area contributed by atoms with Crippen LogP contribution in [0.25, 0.3) is 0 Å². The first kappa shape index (κ1) is 10.1. The second-order valence-corrected chi connectivity index (χ2v) is 3.65. The van der Waals surface area contributed by atoms with Gasteiger partial charge in [0.2, 0.25) is 0 Å². The third kappa shape index (κ3) is 2.45. The maximum Gasteiger partial charge on any atom is 0.269 e. The lowest BCUT2D eigenvalue weighted by Crippen LogP contribution is -2.22. The lowest BCUT2D eigenvalue weighted by Gasteiger charge is -2.03. The Balaban J connectivity index is 2.80. The van der Waals surface area contributed by atoms with Gasteiger partial charge in [-0.15, -0.1) is 0 Å². The summed E-state index contributed by atoms with van der Waals surface area (Å²) >= 11 is 0. The van der Waals surface area contributed by atoms with Gasteiger partial charge < -0.3 is 10.8 Å². The average Bonchev–Trinajstić information content (AvgIpc) is 2.36. The minimum atomic E-state index is 0.0687. The molecule has 4 heteroatoms. The van der Waals surface area contributed by atoms with Crippen LogP contribution in [0, 0.1) is 5.92 Å². The Morgan fingerprint density at radius 1 is 1.62 bits per heavy atom. The van der Waals surface area contributed by atoms with Crippen molar-refractivity contribution in [1.29, 1.82) is 0 Å². The second-order valence-electron chi connectivity index (χ2n) is 3.65. The Morgan fingerprint density at radius 3 is 2.85 bits per heavy atom. The van der Waals surface area contributed by atoms with Gasteiger partial charge in [-0.25, -0.2) is 0 Å². The van der Waals surface area contributed by atoms with Crippen molar-refractivity contribution < 1.29 is 0 Å². The summed E-state index contributed by atoms with van der Waals surface area (Å²) in [6, 6.07) is 0. The van der Waals surface area contributed by atoms with Crippen LogP contribution in [0.4, 0.5) is 0 Å². The lowest BCUT2D eigenvalue weighted by molar-refractivity contribution is 0.472. The summed E-state index contributed by atoms with van der Waals surface area (Å²) in [6.45, 7) is 5.42. The molecule has 0 saturated carbocycles. The zero-order valence-corrected chi connectivity index (χ0v) is 8.21. The van der Waals surface area contributed by atoms with Crippen molar-refractivity contribution in [2.45, 2.75) is 26.8 Å². The minimum Gasteiger partial charge on any atom is -0.330 e. The van der Waals surface area contributed by atoms with E-state index in [0.717, 1.165) is 12.1 Å². The zero-order chi connectivity index (χ0) is 9.84. The summed E-state index contributed by atoms with van der Waals surface area (Å²) in [4.78, 5) is 11.6. The van der Waals surface area contributed by atoms with Crippen LogP contribution < -0.4 is 11.3 Å². The topological polar surface area (TPSA) is 63.8 Å². The molecule has 0 aliphatic carbocycles. The van der Waals surface area contributed by atoms with Gasteiger partial charge in [0.05, 0.1) is 0 Å². The molecule has 3 N–H and O–H groups in total. The SMILES string of the molecule is CC(C)Cn1[nH]cc(CCN)c1=O. The highest BCUT2D eigenvalue weighted by Crippen LogP contribution is 1.96. The van der Waals surface area contributed by atoms with Gasteiger partial charge in [0.15, 0.2) is 0 Å². The highest BCUT2D eigenvalue weighted by molar-refractivity contribution is 5.04. The molecule has 1 aromatic heterocycles. The molecule has 0 saturated heterocycles. The van der Waals surface area contributed by atoms with Gasteiger partial charge >= 0.3 is 0 Å². The predicted octanol–water partition coefficient (Wildman–Crippen LogP) is 0.334. The summed E-state index contributed by atoms with van der Waals surface area (Å²) in [6.07, 6.45) is 2.40. The second kappa shape index (κ2) is 4.28. The zero-order valence-electron chi connectivity index (χ0n) is 8.21. The van der Waals surface area contributed by atoms with Gasteiger partial charge in [-0.1, -0.05) is 13.8 Å². The fourth-order valence-electron chi connectivity index (χ4n) is 1.28. The fourth-order valence-corrected chi connectivity index (χ4v) is 1.28. The van der Waals surface area contributed by atoms with Crippen LogP contribution in [-0.4, -0.2) is 16.3 Å². The molecule has 0 radical (unpaired) electrons. The van der Waals surface area contributed by atoms with Gasteiger partial charge in [-0.05, 0) is 18.9 Å². The molecule has 1 heterocycles. The highest BCUT2D eigenvalue weighted by atomic mass is 16.1. The molecule has 4 nitrogen and oxygen atoms in total. The standard InChI is InChI=1S/C9H17N3O/c1-7(2)6-12-9(13)8(3-4-10)5-11-12/h5,7,11H,3-4,6,10H2,1-2H3. The molecule has 74 valence electrons. The Hall–Kier alpha value is -1.03. The van der Waals surface area contributed by atoms with E-state index in [1.54, 1.807) is 10.9 Å². The number of hydrogen-bond acceptors (Lipinski definition) is 2. The van der Waals surface area contributed by atoms with E-state index in [4.69, 9.17) is 5.73 Å². The van der Waals surface area contributed by atoms with E-state index in [0.29, 0.717) is 18.9 Å². The molecular weight excluding hydrogens is 166 g/mol. The van der Waals surface area contributed by atoms with Crippen molar-refractivity contribution in [3.8, 4) is 0 Å². The summed E-state index contributed by atoms with van der Waals surface area (Å²) in [5, 5.41) is 2.94. The fraction of sp³-hybridized carbons (Fsp3) is 0.667. The van der Waals surface area contributed by atoms with Crippen LogP contribution in [0.5, 0.6) is 0 Å². The van der Waals surface area contributed by atoms with Crippen LogP contribution in [0.2, 0.25) is 0 Å². The molecule has 1 aromatic rings. The third-order valence-electron chi connectivity index (χ3n) is 1.88. The summed E-state index contributed by atoms with van der Waals surface area (Å²) in [7, 11) is 0. The Bertz CT molecular complexity index is 311. The summed E-state index contributed by atoms with van der Waals surface area (Å²) in [5.41, 5.74) is 6.23. The molecule has 0 aromatic carbocycles. The maximum absolute atomic E-state index is 11.6. The molecule has 0 unspecified atom stereocenters. The largest absolute Gasteiger partial charge is 0.330 e. The van der Waals surface area contributed by atoms with Crippen molar-refractivity contribution in [3.05, 3.63) is 22.1 Å². The predicted molar refractivity (Wildman–Crippen MR) is 52.6 cm³/mol. The van der Waals surface area contributed by atoms with Gasteiger partial charge in [0.1, 0.15) is 0 Å². The quantitative estimate of drug-likeness (QED) is 0.706. The van der Waals surface area contributed by atoms with E-state index in [2.05, 4.69) is 18.9 Å². The first-order chi connectivity index (χ1) is 6.15. The summed E-state index contributed by atoms with van der Waals surface area (Å²) < 4.78 is 1.63. The number of nitrogens with two attached hydrogens (primary N) is 1. The first-order valence-electron chi connectivity index (χ1n) is 4.62. The maximum atomic E-state index is 11.6. The molecule has 13 heavy (non-hydrogen) atoms. The van der Waals surface area contributed by atoms with Gasteiger partial charge in [0.25, 0.3) is 5.56 Å². The van der Waals surface area contributed by atoms with Gasteiger partial charge in [0, 0.05) is 18.3 Å². The van der Waals surface area contributed by atoms with E-state index in [1.165, 1.54) is 0 Å². The van der Waals surface area contributed by atoms with Crippen molar-refractivity contribution in [2.24, 2.45) is 11.7 Å². The average molecular weight is 183 g/mol. The molecule has 0 fully saturated rings. The normalized spacial score (nSPS) is 11.1. The number of H-pyrrole nitrogens is 1. The smallest absolute Gasteiger partial charge is 0.269 e. The van der Waals surface area contributed by atoms with E-state index in [9.17, 15) is 4.79 Å². The monoisotopic (exact) mass is 183 g/mol. The molecule has 1 rings (SSSR count). The van der Waals surface area contributed by atoms with Crippen molar-refractivity contribution in [3.63, 3.8) is 0 Å². The number of aromatic nitrogens is 2. The number of nitrogens with one attached hydrogen (secondary N) is 1. The number of hydrogen-bond donors (Lipinski definition) is 2. The molecule has 0 bridgehead atoms. The van der Waals surface area contributed by atoms with Crippen molar-refractivity contribution >= 4 is 0 Å². The molecule has 0 aliphatic rings. The van der Waals surface area contributed by atoms with Crippen LogP contribution in [0.3, 0.4) is 0 Å². The van der Waals surface area contributed by atoms with Crippen LogP contribution in [0.15, 0.2) is 11.0 Å². The van der Waals surface area contributed by atoms with E-state index >= 15 is 0 Å². The molecule has 0 spiro atoms. The lowest BCUT2D eigenvalue weighted by atomic mass is 10.2. The van der Waals surface area contributed by atoms with Gasteiger partial charge in [-0.3, -0.25) is 9.48 Å². The van der Waals surface area contributed by atoms with Crippen LogP contribution >= 0.6 is 0 Å². The van der Waals surface area contributed by atoms with Crippen molar-refractivity contribution in [2.75, 3.05) is 6.54 Å². The van der Waals surface area contributed by atoms with E-state index in [1.807, 2.05) is 0 Å². The number of rotatable bonds is 4. The first-order valence-corrected chi connectivity index (χ1v) is 4.62. The molecule has 0 aliphatic heterocycles. The Labute approximate surface area is 77.7 Å². The third-order valence-corrected chi connectivity index (χ3v) is 1.88.